The van der Waals surface area contributed by atoms with E-state index in [4.69, 9.17) is 10.5 Å². The van der Waals surface area contributed by atoms with E-state index in [2.05, 4.69) is 0 Å². The van der Waals surface area contributed by atoms with Crippen molar-refractivity contribution in [3.63, 3.8) is 0 Å². The van der Waals surface area contributed by atoms with Crippen LogP contribution in [0, 0.1) is 0 Å². The van der Waals surface area contributed by atoms with Crippen LogP contribution in [0.1, 0.15) is 38.2 Å². The Morgan fingerprint density at radius 2 is 1.76 bits per heavy atom. The van der Waals surface area contributed by atoms with E-state index < -0.39 is 6.04 Å². The van der Waals surface area contributed by atoms with E-state index >= 15 is 0 Å². The summed E-state index contributed by atoms with van der Waals surface area (Å²) in [6.45, 7) is 3.32. The van der Waals surface area contributed by atoms with Crippen molar-refractivity contribution in [1.29, 1.82) is 0 Å². The number of hydrogen-bond donors (Lipinski definition) is 1. The molecule has 1 aliphatic heterocycles. The average Bonchev–Trinajstić information content (AvgIpc) is 3.46. The van der Waals surface area contributed by atoms with Crippen LogP contribution in [0.3, 0.4) is 0 Å². The predicted octanol–water partition coefficient (Wildman–Crippen LogP) is 2.13. The number of nitrogens with two attached hydrogens (primary N) is 1. The maximum Gasteiger partial charge on any atom is 0.410 e. The molecule has 0 unspecified atom stereocenters. The minimum atomic E-state index is -0.466. The molecule has 2 amide bonds. The molecule has 6 nitrogen and oxygen atoms in total. The van der Waals surface area contributed by atoms with Crippen molar-refractivity contribution in [1.82, 2.24) is 9.80 Å². The number of carbonyl (C=O) groups is 2. The number of likely N-dealkylation sites (tertiary alicyclic amines) is 1. The highest BCUT2D eigenvalue weighted by atomic mass is 16.6. The van der Waals surface area contributed by atoms with Crippen LogP contribution in [0.15, 0.2) is 30.3 Å². The average molecular weight is 345 g/mol. The standard InChI is InChI=1S/C19H27N3O3/c1-14(20)18(23)21-11-9-17(10-12-21)22(16-7-8-16)19(24)25-13-15-5-3-2-4-6-15/h2-6,14,16-17H,7-13,20H2,1H3/t14-/m0/s1. The van der Waals surface area contributed by atoms with Gasteiger partial charge in [0, 0.05) is 25.2 Å². The highest BCUT2D eigenvalue weighted by molar-refractivity contribution is 5.81. The van der Waals surface area contributed by atoms with Crippen molar-refractivity contribution < 1.29 is 14.3 Å². The Bertz CT molecular complexity index is 593. The third-order valence-corrected chi connectivity index (χ3v) is 4.92. The number of ether oxygens (including phenoxy) is 1. The zero-order chi connectivity index (χ0) is 17.8. The first-order valence-corrected chi connectivity index (χ1v) is 9.09. The molecular weight excluding hydrogens is 318 g/mol. The van der Waals surface area contributed by atoms with Crippen molar-refractivity contribution in [2.24, 2.45) is 5.73 Å². The van der Waals surface area contributed by atoms with Crippen LogP contribution in [0.5, 0.6) is 0 Å². The normalized spacial score (nSPS) is 19.4. The van der Waals surface area contributed by atoms with E-state index in [0.717, 1.165) is 31.2 Å². The van der Waals surface area contributed by atoms with Gasteiger partial charge >= 0.3 is 6.09 Å². The van der Waals surface area contributed by atoms with Gasteiger partial charge in [-0.25, -0.2) is 4.79 Å². The molecule has 1 atom stereocenters. The predicted molar refractivity (Wildman–Crippen MR) is 94.7 cm³/mol. The van der Waals surface area contributed by atoms with E-state index in [1.54, 1.807) is 6.92 Å². The van der Waals surface area contributed by atoms with Crippen LogP contribution in [0.4, 0.5) is 4.79 Å². The first-order chi connectivity index (χ1) is 12.1. The molecule has 0 aromatic heterocycles. The molecular formula is C19H27N3O3. The van der Waals surface area contributed by atoms with E-state index in [1.165, 1.54) is 0 Å². The van der Waals surface area contributed by atoms with Crippen molar-refractivity contribution in [2.45, 2.75) is 57.3 Å². The lowest BCUT2D eigenvalue weighted by molar-refractivity contribution is -0.133. The van der Waals surface area contributed by atoms with Crippen LogP contribution in [-0.4, -0.2) is 53.0 Å². The summed E-state index contributed by atoms with van der Waals surface area (Å²) in [6, 6.07) is 9.70. The fourth-order valence-corrected chi connectivity index (χ4v) is 3.40. The smallest absolute Gasteiger partial charge is 0.410 e. The van der Waals surface area contributed by atoms with Crippen molar-refractivity contribution in [3.8, 4) is 0 Å². The second-order valence-electron chi connectivity index (χ2n) is 7.02. The lowest BCUT2D eigenvalue weighted by Crippen LogP contribution is -2.52. The highest BCUT2D eigenvalue weighted by Crippen LogP contribution is 2.32. The molecule has 6 heteroatoms. The Balaban J connectivity index is 1.55. The van der Waals surface area contributed by atoms with Crippen LogP contribution >= 0.6 is 0 Å². The SMILES string of the molecule is C[C@H](N)C(=O)N1CCC(N(C(=O)OCc2ccccc2)C2CC2)CC1. The maximum absolute atomic E-state index is 12.6. The largest absolute Gasteiger partial charge is 0.445 e. The van der Waals surface area contributed by atoms with Gasteiger partial charge in [0.2, 0.25) is 5.91 Å². The zero-order valence-corrected chi connectivity index (χ0v) is 14.8. The lowest BCUT2D eigenvalue weighted by Gasteiger charge is -2.38. The Hall–Kier alpha value is -2.08. The Morgan fingerprint density at radius 1 is 1.16 bits per heavy atom. The monoisotopic (exact) mass is 345 g/mol. The summed E-state index contributed by atoms with van der Waals surface area (Å²) in [7, 11) is 0. The van der Waals surface area contributed by atoms with Gasteiger partial charge in [0.1, 0.15) is 6.61 Å². The summed E-state index contributed by atoms with van der Waals surface area (Å²) >= 11 is 0. The first kappa shape index (κ1) is 17.7. The second-order valence-corrected chi connectivity index (χ2v) is 7.02. The zero-order valence-electron chi connectivity index (χ0n) is 14.8. The molecule has 1 aliphatic carbocycles. The van der Waals surface area contributed by atoms with Crippen molar-refractivity contribution in [2.75, 3.05) is 13.1 Å². The number of hydrogen-bond acceptors (Lipinski definition) is 4. The fraction of sp³-hybridized carbons (Fsp3) is 0.579. The van der Waals surface area contributed by atoms with Gasteiger partial charge in [-0.2, -0.15) is 0 Å². The minimum Gasteiger partial charge on any atom is -0.445 e. The topological polar surface area (TPSA) is 75.9 Å². The Morgan fingerprint density at radius 3 is 2.32 bits per heavy atom. The maximum atomic E-state index is 12.6. The van der Waals surface area contributed by atoms with E-state index in [9.17, 15) is 9.59 Å². The van der Waals surface area contributed by atoms with E-state index in [0.29, 0.717) is 25.7 Å². The summed E-state index contributed by atoms with van der Waals surface area (Å²) in [5.74, 6) is -0.0110. The molecule has 0 radical (unpaired) electrons. The molecule has 25 heavy (non-hydrogen) atoms. The molecule has 136 valence electrons. The minimum absolute atomic E-state index is 0.0110. The summed E-state index contributed by atoms with van der Waals surface area (Å²) in [6.07, 6.45) is 3.42. The molecule has 1 aromatic carbocycles. The lowest BCUT2D eigenvalue weighted by atomic mass is 10.0. The van der Waals surface area contributed by atoms with Gasteiger partial charge in [0.15, 0.2) is 0 Å². The molecule has 1 heterocycles. The molecule has 0 spiro atoms. The van der Waals surface area contributed by atoms with E-state index in [-0.39, 0.29) is 18.0 Å². The molecule has 1 aromatic rings. The van der Waals surface area contributed by atoms with Gasteiger partial charge in [-0.15, -0.1) is 0 Å². The van der Waals surface area contributed by atoms with Gasteiger partial charge < -0.3 is 20.3 Å². The molecule has 2 aliphatic rings. The summed E-state index contributed by atoms with van der Waals surface area (Å²) in [5.41, 5.74) is 6.68. The number of carbonyl (C=O) groups excluding carboxylic acids is 2. The van der Waals surface area contributed by atoms with Crippen LogP contribution in [-0.2, 0) is 16.1 Å². The van der Waals surface area contributed by atoms with Gasteiger partial charge in [0.05, 0.1) is 6.04 Å². The van der Waals surface area contributed by atoms with Crippen LogP contribution < -0.4 is 5.73 Å². The Kier molecular flexibility index (Phi) is 5.58. The molecule has 0 bridgehead atoms. The number of benzene rings is 1. The third-order valence-electron chi connectivity index (χ3n) is 4.92. The van der Waals surface area contributed by atoms with Crippen LogP contribution in [0.25, 0.3) is 0 Å². The molecule has 1 saturated carbocycles. The quantitative estimate of drug-likeness (QED) is 0.887. The number of amides is 2. The van der Waals surface area contributed by atoms with Gasteiger partial charge in [0.25, 0.3) is 0 Å². The first-order valence-electron chi connectivity index (χ1n) is 9.09. The third kappa shape index (κ3) is 4.51. The fourth-order valence-electron chi connectivity index (χ4n) is 3.40. The number of piperidine rings is 1. The molecule has 2 N–H and O–H groups in total. The van der Waals surface area contributed by atoms with Crippen molar-refractivity contribution >= 4 is 12.0 Å². The number of rotatable bonds is 5. The van der Waals surface area contributed by atoms with Gasteiger partial charge in [-0.3, -0.25) is 4.79 Å². The summed E-state index contributed by atoms with van der Waals surface area (Å²) < 4.78 is 5.54. The van der Waals surface area contributed by atoms with Crippen molar-refractivity contribution in [3.05, 3.63) is 35.9 Å². The summed E-state index contributed by atoms with van der Waals surface area (Å²) in [5, 5.41) is 0. The molecule has 2 fully saturated rings. The Labute approximate surface area is 148 Å². The number of nitrogens with zero attached hydrogens (tertiary/aromatic N) is 2. The molecule has 1 saturated heterocycles. The second kappa shape index (κ2) is 7.87. The van der Waals surface area contributed by atoms with E-state index in [1.807, 2.05) is 40.1 Å². The molecule has 3 rings (SSSR count). The summed E-state index contributed by atoms with van der Waals surface area (Å²) in [4.78, 5) is 28.4. The van der Waals surface area contributed by atoms with Gasteiger partial charge in [-0.1, -0.05) is 30.3 Å². The highest BCUT2D eigenvalue weighted by Gasteiger charge is 2.40. The van der Waals surface area contributed by atoms with Crippen LogP contribution in [0.2, 0.25) is 0 Å². The van der Waals surface area contributed by atoms with Gasteiger partial charge in [-0.05, 0) is 38.2 Å².